The van der Waals surface area contributed by atoms with Crippen LogP contribution in [0.5, 0.6) is 0 Å². The van der Waals surface area contributed by atoms with Gasteiger partial charge in [-0.1, -0.05) is 0 Å². The highest BCUT2D eigenvalue weighted by Gasteiger charge is 2.30. The molecule has 0 amide bonds. The molecule has 0 bridgehead atoms. The van der Waals surface area contributed by atoms with Gasteiger partial charge in [-0.3, -0.25) is 10.1 Å². The number of nitrogens with zero attached hydrogens (tertiary/aromatic N) is 1. The third-order valence-electron chi connectivity index (χ3n) is 2.94. The highest BCUT2D eigenvalue weighted by molar-refractivity contribution is 14.1. The molecule has 5 nitrogen and oxygen atoms in total. The number of anilines is 1. The zero-order chi connectivity index (χ0) is 12.4. The van der Waals surface area contributed by atoms with Crippen molar-refractivity contribution in [3.05, 3.63) is 31.9 Å². The number of hydrogen-bond donors (Lipinski definition) is 1. The van der Waals surface area contributed by atoms with Crippen LogP contribution in [0.4, 0.5) is 11.4 Å². The minimum atomic E-state index is -0.350. The third-order valence-corrected chi connectivity index (χ3v) is 3.62. The van der Waals surface area contributed by atoms with Crippen LogP contribution in [-0.2, 0) is 4.74 Å². The first-order valence-electron chi connectivity index (χ1n) is 5.33. The molecule has 0 radical (unpaired) electrons. The van der Waals surface area contributed by atoms with Crippen LogP contribution in [0.1, 0.15) is 12.8 Å². The van der Waals surface area contributed by atoms with E-state index in [4.69, 9.17) is 4.74 Å². The number of rotatable bonds is 4. The van der Waals surface area contributed by atoms with Gasteiger partial charge in [-0.15, -0.1) is 0 Å². The lowest BCUT2D eigenvalue weighted by Crippen LogP contribution is -2.40. The van der Waals surface area contributed by atoms with Gasteiger partial charge in [0.05, 0.1) is 11.0 Å². The topological polar surface area (TPSA) is 64.4 Å². The standard InChI is InChI=1S/C11H13IN2O3/c1-17-9-5-8(6-9)13-10-3-2-7(12)4-11(10)14(15)16/h2-4,8-9,13H,5-6H2,1H3. The molecule has 1 aliphatic carbocycles. The van der Waals surface area contributed by atoms with Crippen molar-refractivity contribution in [2.24, 2.45) is 0 Å². The van der Waals surface area contributed by atoms with Gasteiger partial charge in [0.2, 0.25) is 0 Å². The fourth-order valence-corrected chi connectivity index (χ4v) is 2.35. The molecule has 0 heterocycles. The maximum absolute atomic E-state index is 10.9. The van der Waals surface area contributed by atoms with E-state index in [0.29, 0.717) is 5.69 Å². The first-order chi connectivity index (χ1) is 8.10. The summed E-state index contributed by atoms with van der Waals surface area (Å²) in [6, 6.07) is 5.48. The van der Waals surface area contributed by atoms with Gasteiger partial charge >= 0.3 is 0 Å². The number of hydrogen-bond acceptors (Lipinski definition) is 4. The van der Waals surface area contributed by atoms with Crippen LogP contribution in [0.2, 0.25) is 0 Å². The largest absolute Gasteiger partial charge is 0.381 e. The number of nitro groups is 1. The summed E-state index contributed by atoms with van der Waals surface area (Å²) in [4.78, 5) is 10.6. The van der Waals surface area contributed by atoms with E-state index in [0.717, 1.165) is 16.4 Å². The van der Waals surface area contributed by atoms with E-state index in [9.17, 15) is 10.1 Å². The lowest BCUT2D eigenvalue weighted by Gasteiger charge is -2.35. The molecule has 17 heavy (non-hydrogen) atoms. The molecular formula is C11H13IN2O3. The predicted octanol–water partition coefficient (Wildman–Crippen LogP) is 2.79. The summed E-state index contributed by atoms with van der Waals surface area (Å²) in [6.07, 6.45) is 2.09. The van der Waals surface area contributed by atoms with Gasteiger partial charge in [0.25, 0.3) is 5.69 Å². The average molecular weight is 348 g/mol. The number of halogens is 1. The van der Waals surface area contributed by atoms with Crippen molar-refractivity contribution in [1.82, 2.24) is 0 Å². The van der Waals surface area contributed by atoms with Crippen molar-refractivity contribution in [2.75, 3.05) is 12.4 Å². The Labute approximate surface area is 113 Å². The number of ether oxygens (including phenoxy) is 1. The summed E-state index contributed by atoms with van der Waals surface area (Å²) >= 11 is 2.07. The summed E-state index contributed by atoms with van der Waals surface area (Å²) in [5.41, 5.74) is 0.729. The van der Waals surface area contributed by atoms with Crippen LogP contribution in [0.15, 0.2) is 18.2 Å². The van der Waals surface area contributed by atoms with Crippen LogP contribution in [0.3, 0.4) is 0 Å². The van der Waals surface area contributed by atoms with E-state index < -0.39 is 0 Å². The van der Waals surface area contributed by atoms with Gasteiger partial charge in [-0.25, -0.2) is 0 Å². The smallest absolute Gasteiger partial charge is 0.293 e. The quantitative estimate of drug-likeness (QED) is 0.516. The molecule has 0 spiro atoms. The van der Waals surface area contributed by atoms with Gasteiger partial charge in [0, 0.05) is 22.8 Å². The van der Waals surface area contributed by atoms with E-state index >= 15 is 0 Å². The molecule has 92 valence electrons. The molecule has 0 atom stereocenters. The van der Waals surface area contributed by atoms with E-state index in [1.165, 1.54) is 0 Å². The van der Waals surface area contributed by atoms with Crippen LogP contribution >= 0.6 is 22.6 Å². The summed E-state index contributed by atoms with van der Waals surface area (Å²) in [6.45, 7) is 0. The lowest BCUT2D eigenvalue weighted by atomic mass is 9.89. The lowest BCUT2D eigenvalue weighted by molar-refractivity contribution is -0.384. The molecule has 2 rings (SSSR count). The van der Waals surface area contributed by atoms with Crippen LogP contribution in [-0.4, -0.2) is 24.2 Å². The van der Waals surface area contributed by atoms with Gasteiger partial charge in [-0.05, 0) is 47.6 Å². The van der Waals surface area contributed by atoms with Crippen molar-refractivity contribution in [2.45, 2.75) is 25.0 Å². The highest BCUT2D eigenvalue weighted by atomic mass is 127. The average Bonchev–Trinajstić information content (AvgIpc) is 2.24. The van der Waals surface area contributed by atoms with E-state index in [-0.39, 0.29) is 22.8 Å². The number of methoxy groups -OCH3 is 1. The molecule has 0 saturated heterocycles. The minimum absolute atomic E-state index is 0.137. The van der Waals surface area contributed by atoms with Crippen molar-refractivity contribution < 1.29 is 9.66 Å². The summed E-state index contributed by atoms with van der Waals surface area (Å²) < 4.78 is 6.04. The fraction of sp³-hybridized carbons (Fsp3) is 0.455. The molecule has 0 aromatic heterocycles. The maximum Gasteiger partial charge on any atom is 0.293 e. The van der Waals surface area contributed by atoms with Gasteiger partial charge in [0.1, 0.15) is 5.69 Å². The van der Waals surface area contributed by atoms with Crippen molar-refractivity contribution in [3.63, 3.8) is 0 Å². The highest BCUT2D eigenvalue weighted by Crippen LogP contribution is 2.31. The zero-order valence-corrected chi connectivity index (χ0v) is 11.5. The number of benzene rings is 1. The SMILES string of the molecule is COC1CC(Nc2ccc(I)cc2[N+](=O)[O-])C1. The van der Waals surface area contributed by atoms with Crippen molar-refractivity contribution in [3.8, 4) is 0 Å². The van der Waals surface area contributed by atoms with Crippen LogP contribution in [0.25, 0.3) is 0 Å². The first-order valence-corrected chi connectivity index (χ1v) is 6.41. The van der Waals surface area contributed by atoms with E-state index in [1.807, 2.05) is 6.07 Å². The Morgan fingerprint density at radius 1 is 1.53 bits per heavy atom. The second kappa shape index (κ2) is 5.18. The van der Waals surface area contributed by atoms with Crippen LogP contribution < -0.4 is 5.32 Å². The van der Waals surface area contributed by atoms with Gasteiger partial charge < -0.3 is 10.1 Å². The molecular weight excluding hydrogens is 335 g/mol. The Kier molecular flexibility index (Phi) is 3.82. The molecule has 6 heteroatoms. The Morgan fingerprint density at radius 2 is 2.24 bits per heavy atom. The normalized spacial score (nSPS) is 22.9. The Balaban J connectivity index is 2.08. The van der Waals surface area contributed by atoms with Crippen molar-refractivity contribution >= 4 is 34.0 Å². The molecule has 1 fully saturated rings. The predicted molar refractivity (Wildman–Crippen MR) is 73.3 cm³/mol. The minimum Gasteiger partial charge on any atom is -0.381 e. The Morgan fingerprint density at radius 3 is 2.82 bits per heavy atom. The second-order valence-electron chi connectivity index (χ2n) is 4.09. The van der Waals surface area contributed by atoms with Crippen LogP contribution in [0, 0.1) is 13.7 Å². The summed E-state index contributed by atoms with van der Waals surface area (Å²) in [5.74, 6) is 0. The molecule has 0 aliphatic heterocycles. The summed E-state index contributed by atoms with van der Waals surface area (Å²) in [5, 5.41) is 14.1. The van der Waals surface area contributed by atoms with E-state index in [1.54, 1.807) is 19.2 Å². The zero-order valence-electron chi connectivity index (χ0n) is 9.35. The molecule has 1 aliphatic rings. The molecule has 1 aromatic carbocycles. The van der Waals surface area contributed by atoms with Gasteiger partial charge in [-0.2, -0.15) is 0 Å². The monoisotopic (exact) mass is 348 g/mol. The number of nitro benzene ring substituents is 1. The molecule has 0 unspecified atom stereocenters. The van der Waals surface area contributed by atoms with Gasteiger partial charge in [0.15, 0.2) is 0 Å². The Bertz CT molecular complexity index is 433. The van der Waals surface area contributed by atoms with Crippen molar-refractivity contribution in [1.29, 1.82) is 0 Å². The fourth-order valence-electron chi connectivity index (χ4n) is 1.87. The van der Waals surface area contributed by atoms with E-state index in [2.05, 4.69) is 27.9 Å². The second-order valence-corrected chi connectivity index (χ2v) is 5.33. The maximum atomic E-state index is 10.9. The third kappa shape index (κ3) is 2.86. The molecule has 1 aromatic rings. The Hall–Kier alpha value is -0.890. The number of nitrogens with one attached hydrogen (secondary N) is 1. The molecule has 1 N–H and O–H groups in total. The molecule has 1 saturated carbocycles. The first kappa shape index (κ1) is 12.6. The summed E-state index contributed by atoms with van der Waals surface area (Å²) in [7, 11) is 1.69.